The highest BCUT2D eigenvalue weighted by atomic mass is 16.5. The van der Waals surface area contributed by atoms with Gasteiger partial charge in [0, 0.05) is 12.0 Å². The lowest BCUT2D eigenvalue weighted by Crippen LogP contribution is -2.27. The van der Waals surface area contributed by atoms with Crippen LogP contribution in [0.1, 0.15) is 19.4 Å². The van der Waals surface area contributed by atoms with Crippen LogP contribution in [0.25, 0.3) is 0 Å². The number of nitrogens with one attached hydrogen (secondary N) is 1. The highest BCUT2D eigenvalue weighted by molar-refractivity contribution is 5.60. The summed E-state index contributed by atoms with van der Waals surface area (Å²) in [4.78, 5) is 0. The highest BCUT2D eigenvalue weighted by Crippen LogP contribution is 2.33. The van der Waals surface area contributed by atoms with Crippen molar-refractivity contribution in [3.63, 3.8) is 0 Å². The first kappa shape index (κ1) is 9.38. The lowest BCUT2D eigenvalue weighted by atomic mass is 9.95. The predicted octanol–water partition coefficient (Wildman–Crippen LogP) is 2.83. The summed E-state index contributed by atoms with van der Waals surface area (Å²) in [5.74, 6) is 1.01. The van der Waals surface area contributed by atoms with Crippen LogP contribution in [0, 0.1) is 12.3 Å². The quantitative estimate of drug-likeness (QED) is 0.681. The number of hydrogen-bond donors (Lipinski definition) is 1. The number of benzene rings is 1. The Kier molecular flexibility index (Phi) is 2.14. The van der Waals surface area contributed by atoms with E-state index in [1.54, 1.807) is 0 Å². The van der Waals surface area contributed by atoms with Crippen molar-refractivity contribution in [1.29, 1.82) is 0 Å². The maximum absolute atomic E-state index is 5.83. The molecule has 0 amide bonds. The molecule has 0 fully saturated rings. The molecule has 0 spiro atoms. The predicted molar refractivity (Wildman–Crippen MR) is 58.9 cm³/mol. The molecule has 0 aromatic heterocycles. The Morgan fingerprint density at radius 3 is 2.93 bits per heavy atom. The van der Waals surface area contributed by atoms with Crippen LogP contribution in [0.15, 0.2) is 18.2 Å². The maximum Gasteiger partial charge on any atom is 0.145 e. The molecular formula is C12H17NO. The van der Waals surface area contributed by atoms with Crippen molar-refractivity contribution in [1.82, 2.24) is 0 Å². The fourth-order valence-electron chi connectivity index (χ4n) is 1.64. The molecule has 1 heterocycles. The van der Waals surface area contributed by atoms with Gasteiger partial charge in [-0.3, -0.25) is 0 Å². The van der Waals surface area contributed by atoms with E-state index >= 15 is 0 Å². The van der Waals surface area contributed by atoms with Gasteiger partial charge in [-0.2, -0.15) is 0 Å². The number of fused-ring (bicyclic) bond motifs is 1. The van der Waals surface area contributed by atoms with Crippen molar-refractivity contribution in [2.75, 3.05) is 18.5 Å². The first-order chi connectivity index (χ1) is 6.58. The molecule has 0 atom stereocenters. The van der Waals surface area contributed by atoms with Gasteiger partial charge in [0.05, 0.1) is 12.3 Å². The monoisotopic (exact) mass is 191 g/mol. The lowest BCUT2D eigenvalue weighted by Gasteiger charge is -2.20. The minimum Gasteiger partial charge on any atom is -0.491 e. The number of aryl methyl sites for hydroxylation is 1. The summed E-state index contributed by atoms with van der Waals surface area (Å²) in [5, 5.41) is 3.43. The van der Waals surface area contributed by atoms with E-state index in [9.17, 15) is 0 Å². The van der Waals surface area contributed by atoms with Gasteiger partial charge in [0.15, 0.2) is 0 Å². The first-order valence-electron chi connectivity index (χ1n) is 5.05. The van der Waals surface area contributed by atoms with E-state index in [2.05, 4.69) is 44.3 Å². The number of ether oxygens (including phenoxy) is 1. The molecule has 14 heavy (non-hydrogen) atoms. The van der Waals surface area contributed by atoms with Crippen LogP contribution in [-0.2, 0) is 0 Å². The molecule has 0 saturated carbocycles. The van der Waals surface area contributed by atoms with Crippen LogP contribution in [0.5, 0.6) is 5.75 Å². The van der Waals surface area contributed by atoms with E-state index < -0.39 is 0 Å². The molecule has 1 aliphatic rings. The zero-order chi connectivity index (χ0) is 10.2. The maximum atomic E-state index is 5.83. The third kappa shape index (κ3) is 1.69. The molecule has 76 valence electrons. The van der Waals surface area contributed by atoms with Crippen LogP contribution in [-0.4, -0.2) is 13.2 Å². The summed E-state index contributed by atoms with van der Waals surface area (Å²) < 4.78 is 5.83. The Hall–Kier alpha value is -1.18. The molecule has 1 aliphatic heterocycles. The Bertz CT molecular complexity index is 344. The van der Waals surface area contributed by atoms with E-state index in [1.165, 1.54) is 5.56 Å². The van der Waals surface area contributed by atoms with E-state index in [4.69, 9.17) is 4.74 Å². The third-order valence-corrected chi connectivity index (χ3v) is 2.58. The van der Waals surface area contributed by atoms with Crippen LogP contribution in [0.4, 0.5) is 5.69 Å². The molecule has 0 radical (unpaired) electrons. The zero-order valence-corrected chi connectivity index (χ0v) is 9.05. The molecular weight excluding hydrogens is 174 g/mol. The Morgan fingerprint density at radius 2 is 2.14 bits per heavy atom. The van der Waals surface area contributed by atoms with E-state index in [-0.39, 0.29) is 5.41 Å². The van der Waals surface area contributed by atoms with Crippen LogP contribution >= 0.6 is 0 Å². The molecule has 0 saturated heterocycles. The Morgan fingerprint density at radius 1 is 1.36 bits per heavy atom. The average Bonchev–Trinajstić information content (AvgIpc) is 2.27. The van der Waals surface area contributed by atoms with Gasteiger partial charge in [-0.15, -0.1) is 0 Å². The Balaban J connectivity index is 2.34. The molecule has 1 N–H and O–H groups in total. The minimum atomic E-state index is 0.200. The van der Waals surface area contributed by atoms with E-state index in [0.717, 1.165) is 24.6 Å². The second kappa shape index (κ2) is 3.19. The van der Waals surface area contributed by atoms with Crippen molar-refractivity contribution in [2.24, 2.45) is 5.41 Å². The molecule has 2 rings (SSSR count). The van der Waals surface area contributed by atoms with Crippen LogP contribution < -0.4 is 10.1 Å². The second-order valence-corrected chi connectivity index (χ2v) is 4.76. The first-order valence-corrected chi connectivity index (χ1v) is 5.05. The number of hydrogen-bond acceptors (Lipinski definition) is 2. The van der Waals surface area contributed by atoms with Crippen molar-refractivity contribution in [3.8, 4) is 5.75 Å². The molecule has 0 bridgehead atoms. The van der Waals surface area contributed by atoms with Crippen molar-refractivity contribution in [2.45, 2.75) is 20.8 Å². The van der Waals surface area contributed by atoms with Gasteiger partial charge in [-0.05, 0) is 18.6 Å². The zero-order valence-electron chi connectivity index (χ0n) is 9.05. The number of para-hydroxylation sites is 1. The third-order valence-electron chi connectivity index (χ3n) is 2.58. The summed E-state index contributed by atoms with van der Waals surface area (Å²) in [7, 11) is 0. The van der Waals surface area contributed by atoms with E-state index in [0.29, 0.717) is 0 Å². The van der Waals surface area contributed by atoms with Crippen LogP contribution in [0.2, 0.25) is 0 Å². The van der Waals surface area contributed by atoms with Gasteiger partial charge in [-0.25, -0.2) is 0 Å². The molecule has 0 aliphatic carbocycles. The van der Waals surface area contributed by atoms with Crippen molar-refractivity contribution < 1.29 is 4.74 Å². The van der Waals surface area contributed by atoms with Crippen molar-refractivity contribution >= 4 is 5.69 Å². The largest absolute Gasteiger partial charge is 0.491 e. The molecule has 2 heteroatoms. The molecule has 2 nitrogen and oxygen atoms in total. The molecule has 1 aromatic carbocycles. The average molecular weight is 191 g/mol. The second-order valence-electron chi connectivity index (χ2n) is 4.76. The highest BCUT2D eigenvalue weighted by Gasteiger charge is 2.23. The Labute approximate surface area is 85.3 Å². The standard InChI is InChI=1S/C12H17NO/c1-9-5-4-6-10-11(9)14-8-12(2,3)7-13-10/h4-6,13H,7-8H2,1-3H3. The van der Waals surface area contributed by atoms with Gasteiger partial charge < -0.3 is 10.1 Å². The molecule has 0 unspecified atom stereocenters. The van der Waals surface area contributed by atoms with Crippen molar-refractivity contribution in [3.05, 3.63) is 23.8 Å². The van der Waals surface area contributed by atoms with Gasteiger partial charge in [0.25, 0.3) is 0 Å². The normalized spacial score (nSPS) is 18.8. The fourth-order valence-corrected chi connectivity index (χ4v) is 1.64. The van der Waals surface area contributed by atoms with Gasteiger partial charge in [0.2, 0.25) is 0 Å². The number of anilines is 1. The van der Waals surface area contributed by atoms with Crippen LogP contribution in [0.3, 0.4) is 0 Å². The summed E-state index contributed by atoms with van der Waals surface area (Å²) in [6.07, 6.45) is 0. The van der Waals surface area contributed by atoms with Gasteiger partial charge in [0.1, 0.15) is 5.75 Å². The summed E-state index contributed by atoms with van der Waals surface area (Å²) >= 11 is 0. The lowest BCUT2D eigenvalue weighted by molar-refractivity contribution is 0.199. The summed E-state index contributed by atoms with van der Waals surface area (Å²) in [5.41, 5.74) is 2.52. The number of rotatable bonds is 0. The topological polar surface area (TPSA) is 21.3 Å². The smallest absolute Gasteiger partial charge is 0.145 e. The minimum absolute atomic E-state index is 0.200. The van der Waals surface area contributed by atoms with Gasteiger partial charge in [-0.1, -0.05) is 26.0 Å². The van der Waals surface area contributed by atoms with E-state index in [1.807, 2.05) is 0 Å². The SMILES string of the molecule is Cc1cccc2c1OCC(C)(C)CN2. The fraction of sp³-hybridized carbons (Fsp3) is 0.500. The van der Waals surface area contributed by atoms with Gasteiger partial charge >= 0.3 is 0 Å². The molecule has 1 aromatic rings. The summed E-state index contributed by atoms with van der Waals surface area (Å²) in [6.45, 7) is 8.24. The summed E-state index contributed by atoms with van der Waals surface area (Å²) in [6, 6.07) is 6.21.